The van der Waals surface area contributed by atoms with Crippen molar-refractivity contribution in [2.75, 3.05) is 0 Å². The Morgan fingerprint density at radius 2 is 1.03 bits per heavy atom. The van der Waals surface area contributed by atoms with Crippen LogP contribution in [0.2, 0.25) is 0 Å². The third-order valence-corrected chi connectivity index (χ3v) is 8.13. The summed E-state index contributed by atoms with van der Waals surface area (Å²) in [6, 6.07) is 14.9. The normalized spacial score (nSPS) is 22.9. The Labute approximate surface area is 189 Å². The molecule has 162 valence electrons. The summed E-state index contributed by atoms with van der Waals surface area (Å²) in [5, 5.41) is 0. The summed E-state index contributed by atoms with van der Waals surface area (Å²) >= 11 is 0. The Balaban J connectivity index is 1.62. The Hall–Kier alpha value is -2.08. The van der Waals surface area contributed by atoms with Crippen LogP contribution in [0, 0.1) is 10.8 Å². The maximum Gasteiger partial charge on any atom is 0.0203 e. The first-order valence-electron chi connectivity index (χ1n) is 12.3. The van der Waals surface area contributed by atoms with Gasteiger partial charge in [0.15, 0.2) is 0 Å². The predicted molar refractivity (Wildman–Crippen MR) is 134 cm³/mol. The van der Waals surface area contributed by atoms with Crippen molar-refractivity contribution in [1.82, 2.24) is 0 Å². The van der Waals surface area contributed by atoms with E-state index in [1.807, 2.05) is 0 Å². The van der Waals surface area contributed by atoms with E-state index in [1.54, 1.807) is 22.3 Å². The van der Waals surface area contributed by atoms with Gasteiger partial charge in [-0.1, -0.05) is 89.1 Å². The zero-order chi connectivity index (χ0) is 22.0. The van der Waals surface area contributed by atoms with Gasteiger partial charge in [0.2, 0.25) is 0 Å². The molecule has 1 fully saturated rings. The molecule has 0 aromatic heterocycles. The minimum Gasteiger partial charge on any atom is -0.0750 e. The Morgan fingerprint density at radius 3 is 1.45 bits per heavy atom. The van der Waals surface area contributed by atoms with E-state index in [2.05, 4.69) is 90.1 Å². The molecule has 0 atom stereocenters. The molecule has 31 heavy (non-hydrogen) atoms. The number of benzene rings is 2. The van der Waals surface area contributed by atoms with Crippen molar-refractivity contribution in [1.29, 1.82) is 0 Å². The van der Waals surface area contributed by atoms with E-state index in [-0.39, 0.29) is 16.2 Å². The molecule has 0 bridgehead atoms. The molecule has 2 aromatic carbocycles. The minimum absolute atomic E-state index is 0.183. The van der Waals surface area contributed by atoms with Gasteiger partial charge < -0.3 is 0 Å². The van der Waals surface area contributed by atoms with Crippen LogP contribution in [-0.4, -0.2) is 0 Å². The van der Waals surface area contributed by atoms with Gasteiger partial charge in [-0.2, -0.15) is 0 Å². The van der Waals surface area contributed by atoms with Crippen LogP contribution in [0.1, 0.15) is 101 Å². The molecule has 0 heteroatoms. The van der Waals surface area contributed by atoms with E-state index in [9.17, 15) is 0 Å². The summed E-state index contributed by atoms with van der Waals surface area (Å²) in [5.74, 6) is 0. The molecule has 0 N–H and O–H groups in total. The molecular formula is C31H38. The lowest BCUT2D eigenvalue weighted by Gasteiger charge is -2.35. The fourth-order valence-electron chi connectivity index (χ4n) is 6.98. The fourth-order valence-corrected chi connectivity index (χ4v) is 6.98. The summed E-state index contributed by atoms with van der Waals surface area (Å²) in [5.41, 5.74) is 12.7. The molecule has 0 amide bonds. The topological polar surface area (TPSA) is 0 Å². The summed E-state index contributed by atoms with van der Waals surface area (Å²) < 4.78 is 0. The van der Waals surface area contributed by atoms with Crippen molar-refractivity contribution >= 4 is 11.1 Å². The van der Waals surface area contributed by atoms with Crippen molar-refractivity contribution in [3.63, 3.8) is 0 Å². The number of fused-ring (bicyclic) bond motifs is 2. The number of allylic oxidation sites excluding steroid dienone is 4. The van der Waals surface area contributed by atoms with Gasteiger partial charge in [0.25, 0.3) is 0 Å². The quantitative estimate of drug-likeness (QED) is 0.465. The Kier molecular flexibility index (Phi) is 4.67. The average molecular weight is 411 g/mol. The van der Waals surface area contributed by atoms with E-state index in [0.29, 0.717) is 0 Å². The Bertz CT molecular complexity index is 1010. The van der Waals surface area contributed by atoms with Crippen LogP contribution in [0.15, 0.2) is 48.6 Å². The molecule has 0 heterocycles. The standard InChI is InChI=1S/C31H38/c1-21-17-29(3,4)19-23-15-25(9-11-27(21)23)31(13-7-8-14-31)26-10-12-28-22(2)18-30(5,6)20-24(28)16-26/h9-12,15-18H,7-8,13-14,19-20H2,1-6H3. The van der Waals surface area contributed by atoms with Gasteiger partial charge >= 0.3 is 0 Å². The van der Waals surface area contributed by atoms with Crippen LogP contribution in [0.3, 0.4) is 0 Å². The maximum atomic E-state index is 2.58. The maximum absolute atomic E-state index is 2.58. The molecule has 3 aliphatic carbocycles. The molecule has 2 aromatic rings. The fraction of sp³-hybridized carbons (Fsp3) is 0.484. The van der Waals surface area contributed by atoms with Crippen LogP contribution in [0.5, 0.6) is 0 Å². The van der Waals surface area contributed by atoms with E-state index in [0.717, 1.165) is 12.8 Å². The molecule has 0 radical (unpaired) electrons. The van der Waals surface area contributed by atoms with Crippen molar-refractivity contribution in [2.24, 2.45) is 10.8 Å². The molecular weight excluding hydrogens is 372 g/mol. The summed E-state index contributed by atoms with van der Waals surface area (Å²) in [6.45, 7) is 14.1. The summed E-state index contributed by atoms with van der Waals surface area (Å²) in [7, 11) is 0. The van der Waals surface area contributed by atoms with Crippen LogP contribution in [0.25, 0.3) is 11.1 Å². The lowest BCUT2D eigenvalue weighted by molar-refractivity contribution is 0.468. The van der Waals surface area contributed by atoms with Crippen molar-refractivity contribution in [3.8, 4) is 0 Å². The van der Waals surface area contributed by atoms with E-state index in [1.165, 1.54) is 48.0 Å². The molecule has 0 aliphatic heterocycles. The highest BCUT2D eigenvalue weighted by Crippen LogP contribution is 2.49. The zero-order valence-corrected chi connectivity index (χ0v) is 20.4. The van der Waals surface area contributed by atoms with E-state index >= 15 is 0 Å². The van der Waals surface area contributed by atoms with Crippen molar-refractivity contribution in [3.05, 3.63) is 81.9 Å². The number of hydrogen-bond donors (Lipinski definition) is 0. The first-order valence-corrected chi connectivity index (χ1v) is 12.3. The predicted octanol–water partition coefficient (Wildman–Crippen LogP) is 8.52. The summed E-state index contributed by atoms with van der Waals surface area (Å²) in [4.78, 5) is 0. The highest BCUT2D eigenvalue weighted by atomic mass is 14.4. The molecule has 0 saturated heterocycles. The van der Waals surface area contributed by atoms with Crippen LogP contribution in [0.4, 0.5) is 0 Å². The van der Waals surface area contributed by atoms with Gasteiger partial charge in [0, 0.05) is 5.41 Å². The SMILES string of the molecule is CC1=CC(C)(C)Cc2cc(C3(c4ccc5c(c4)CC(C)(C)C=C5C)CCCC3)ccc21. The molecule has 5 rings (SSSR count). The lowest BCUT2D eigenvalue weighted by atomic mass is 9.68. The third-order valence-electron chi connectivity index (χ3n) is 8.13. The number of hydrogen-bond acceptors (Lipinski definition) is 0. The first kappa shape index (κ1) is 20.8. The Morgan fingerprint density at radius 1 is 0.613 bits per heavy atom. The molecule has 1 saturated carbocycles. The van der Waals surface area contributed by atoms with Gasteiger partial charge in [-0.25, -0.2) is 0 Å². The van der Waals surface area contributed by atoms with E-state index in [4.69, 9.17) is 0 Å². The highest BCUT2D eigenvalue weighted by molar-refractivity contribution is 5.72. The monoisotopic (exact) mass is 410 g/mol. The largest absolute Gasteiger partial charge is 0.0750 e. The second-order valence-corrected chi connectivity index (χ2v) is 12.0. The molecule has 0 nitrogen and oxygen atoms in total. The highest BCUT2D eigenvalue weighted by Gasteiger charge is 2.39. The smallest absolute Gasteiger partial charge is 0.0203 e. The van der Waals surface area contributed by atoms with Crippen molar-refractivity contribution in [2.45, 2.75) is 85.5 Å². The molecule has 0 unspecified atom stereocenters. The third kappa shape index (κ3) is 3.53. The lowest BCUT2D eigenvalue weighted by Crippen LogP contribution is -2.26. The molecule has 0 spiro atoms. The second kappa shape index (κ2) is 6.96. The van der Waals surface area contributed by atoms with Gasteiger partial charge in [-0.15, -0.1) is 0 Å². The summed E-state index contributed by atoms with van der Waals surface area (Å²) in [6.07, 6.45) is 12.4. The first-order chi connectivity index (χ1) is 14.6. The van der Waals surface area contributed by atoms with Crippen LogP contribution >= 0.6 is 0 Å². The van der Waals surface area contributed by atoms with Crippen molar-refractivity contribution < 1.29 is 0 Å². The average Bonchev–Trinajstić information content (AvgIpc) is 3.16. The van der Waals surface area contributed by atoms with Crippen LogP contribution < -0.4 is 0 Å². The van der Waals surface area contributed by atoms with E-state index < -0.39 is 0 Å². The van der Waals surface area contributed by atoms with Gasteiger partial charge in [-0.05, 0) is 94.9 Å². The number of rotatable bonds is 2. The minimum atomic E-state index is 0.183. The van der Waals surface area contributed by atoms with Crippen LogP contribution in [-0.2, 0) is 18.3 Å². The van der Waals surface area contributed by atoms with Gasteiger partial charge in [-0.3, -0.25) is 0 Å². The zero-order valence-electron chi connectivity index (χ0n) is 20.4. The van der Waals surface area contributed by atoms with Gasteiger partial charge in [0.05, 0.1) is 0 Å². The second-order valence-electron chi connectivity index (χ2n) is 12.0. The van der Waals surface area contributed by atoms with Gasteiger partial charge in [0.1, 0.15) is 0 Å². The molecule has 3 aliphatic rings.